The second-order valence-corrected chi connectivity index (χ2v) is 4.17. The Morgan fingerprint density at radius 2 is 2.22 bits per heavy atom. The first-order valence-electron chi connectivity index (χ1n) is 5.77. The number of hydrogen-bond acceptors (Lipinski definition) is 5. The third-order valence-electron chi connectivity index (χ3n) is 2.95. The fourth-order valence-corrected chi connectivity index (χ4v) is 1.81. The summed E-state index contributed by atoms with van der Waals surface area (Å²) in [5.41, 5.74) is 1.54. The van der Waals surface area contributed by atoms with Gasteiger partial charge in [0.1, 0.15) is 0 Å². The highest BCUT2D eigenvalue weighted by Crippen LogP contribution is 2.21. The van der Waals surface area contributed by atoms with Crippen LogP contribution in [0.1, 0.15) is 25.3 Å². The van der Waals surface area contributed by atoms with E-state index in [1.165, 1.54) is 12.1 Å². The van der Waals surface area contributed by atoms with Crippen molar-refractivity contribution in [2.24, 2.45) is 5.16 Å². The molecule has 18 heavy (non-hydrogen) atoms. The van der Waals surface area contributed by atoms with Gasteiger partial charge in [0.05, 0.1) is 16.7 Å². The molecular formula is C12H14N2O4. The molecule has 0 radical (unpaired) electrons. The standard InChI is InChI=1S/C12H14N2O4/c1-2-11(15)12-7-10(13-18-12)8-3-5-9(6-4-8)14(16)17/h3-6,11-12,15H,2,7H2,1H3/t11-,12-/m0/s1. The summed E-state index contributed by atoms with van der Waals surface area (Å²) in [5.74, 6) is 0. The van der Waals surface area contributed by atoms with Gasteiger partial charge < -0.3 is 9.94 Å². The zero-order valence-corrected chi connectivity index (χ0v) is 9.94. The molecule has 1 aromatic rings. The highest BCUT2D eigenvalue weighted by atomic mass is 16.7. The van der Waals surface area contributed by atoms with Crippen molar-refractivity contribution in [3.05, 3.63) is 39.9 Å². The molecule has 1 aromatic carbocycles. The van der Waals surface area contributed by atoms with Gasteiger partial charge in [-0.3, -0.25) is 10.1 Å². The van der Waals surface area contributed by atoms with Crippen molar-refractivity contribution in [2.45, 2.75) is 32.0 Å². The number of hydrogen-bond donors (Lipinski definition) is 1. The van der Waals surface area contributed by atoms with Crippen LogP contribution >= 0.6 is 0 Å². The predicted molar refractivity (Wildman–Crippen MR) is 65.4 cm³/mol. The summed E-state index contributed by atoms with van der Waals surface area (Å²) in [5, 5.41) is 24.1. The van der Waals surface area contributed by atoms with Crippen molar-refractivity contribution in [1.29, 1.82) is 0 Å². The number of benzene rings is 1. The Bertz CT molecular complexity index is 469. The lowest BCUT2D eigenvalue weighted by Crippen LogP contribution is -2.25. The minimum Gasteiger partial charge on any atom is -0.389 e. The first-order valence-corrected chi connectivity index (χ1v) is 5.77. The quantitative estimate of drug-likeness (QED) is 0.652. The minimum absolute atomic E-state index is 0.0448. The molecule has 0 fully saturated rings. The highest BCUT2D eigenvalue weighted by molar-refractivity contribution is 6.01. The predicted octanol–water partition coefficient (Wildman–Crippen LogP) is 1.86. The Balaban J connectivity index is 2.07. The maximum atomic E-state index is 10.5. The highest BCUT2D eigenvalue weighted by Gasteiger charge is 2.27. The number of nitrogens with zero attached hydrogens (tertiary/aromatic N) is 2. The lowest BCUT2D eigenvalue weighted by atomic mass is 10.0. The SMILES string of the molecule is CC[C@H](O)[C@@H]1CC(c2ccc([N+](=O)[O-])cc2)=NO1. The Kier molecular flexibility index (Phi) is 3.57. The third kappa shape index (κ3) is 2.48. The summed E-state index contributed by atoms with van der Waals surface area (Å²) in [6, 6.07) is 6.14. The van der Waals surface area contributed by atoms with Crippen molar-refractivity contribution in [3.63, 3.8) is 0 Å². The number of nitro groups is 1. The van der Waals surface area contributed by atoms with Gasteiger partial charge in [0.25, 0.3) is 5.69 Å². The minimum atomic E-state index is -0.538. The summed E-state index contributed by atoms with van der Waals surface area (Å²) < 4.78 is 0. The Labute approximate surface area is 104 Å². The molecule has 0 saturated carbocycles. The average Bonchev–Trinajstić information content (AvgIpc) is 2.87. The van der Waals surface area contributed by atoms with E-state index in [2.05, 4.69) is 5.16 Å². The van der Waals surface area contributed by atoms with Crippen LogP contribution in [-0.4, -0.2) is 27.9 Å². The molecule has 0 amide bonds. The van der Waals surface area contributed by atoms with Crippen molar-refractivity contribution in [2.75, 3.05) is 0 Å². The van der Waals surface area contributed by atoms with Crippen LogP contribution in [0.2, 0.25) is 0 Å². The summed E-state index contributed by atoms with van der Waals surface area (Å²) in [6.07, 6.45) is 0.269. The molecule has 1 heterocycles. The Hall–Kier alpha value is -1.95. The van der Waals surface area contributed by atoms with Gasteiger partial charge in [-0.05, 0) is 24.1 Å². The van der Waals surface area contributed by atoms with E-state index in [0.29, 0.717) is 18.6 Å². The van der Waals surface area contributed by atoms with Crippen LogP contribution in [0.25, 0.3) is 0 Å². The maximum Gasteiger partial charge on any atom is 0.269 e. The molecule has 1 aliphatic heterocycles. The molecule has 0 aliphatic carbocycles. The number of non-ortho nitro benzene ring substituents is 1. The smallest absolute Gasteiger partial charge is 0.269 e. The summed E-state index contributed by atoms with van der Waals surface area (Å²) in [7, 11) is 0. The lowest BCUT2D eigenvalue weighted by molar-refractivity contribution is -0.384. The van der Waals surface area contributed by atoms with Crippen molar-refractivity contribution < 1.29 is 14.9 Å². The normalized spacial score (nSPS) is 20.1. The molecule has 0 saturated heterocycles. The summed E-state index contributed by atoms with van der Waals surface area (Å²) in [4.78, 5) is 15.2. The number of nitro benzene ring substituents is 1. The monoisotopic (exact) mass is 250 g/mol. The van der Waals surface area contributed by atoms with Gasteiger partial charge in [0.15, 0.2) is 6.10 Å². The molecule has 0 aromatic heterocycles. The van der Waals surface area contributed by atoms with Crippen molar-refractivity contribution in [3.8, 4) is 0 Å². The molecule has 2 atom stereocenters. The van der Waals surface area contributed by atoms with Gasteiger partial charge in [-0.15, -0.1) is 0 Å². The van der Waals surface area contributed by atoms with Gasteiger partial charge in [-0.2, -0.15) is 0 Å². The second-order valence-electron chi connectivity index (χ2n) is 4.17. The van der Waals surface area contributed by atoms with E-state index in [1.807, 2.05) is 6.92 Å². The molecule has 6 nitrogen and oxygen atoms in total. The van der Waals surface area contributed by atoms with Crippen LogP contribution < -0.4 is 0 Å². The summed E-state index contributed by atoms with van der Waals surface area (Å²) in [6.45, 7) is 1.87. The largest absolute Gasteiger partial charge is 0.389 e. The average molecular weight is 250 g/mol. The molecule has 0 bridgehead atoms. The zero-order chi connectivity index (χ0) is 13.1. The van der Waals surface area contributed by atoms with Gasteiger partial charge in [-0.1, -0.05) is 12.1 Å². The molecule has 0 unspecified atom stereocenters. The van der Waals surface area contributed by atoms with E-state index in [1.54, 1.807) is 12.1 Å². The third-order valence-corrected chi connectivity index (χ3v) is 2.95. The number of aliphatic hydroxyl groups is 1. The zero-order valence-electron chi connectivity index (χ0n) is 9.94. The van der Waals surface area contributed by atoms with Crippen LogP contribution in [0.4, 0.5) is 5.69 Å². The topological polar surface area (TPSA) is 85.0 Å². The van der Waals surface area contributed by atoms with Crippen molar-refractivity contribution in [1.82, 2.24) is 0 Å². The Morgan fingerprint density at radius 1 is 1.56 bits per heavy atom. The molecule has 6 heteroatoms. The first kappa shape index (κ1) is 12.5. The van der Waals surface area contributed by atoms with E-state index < -0.39 is 11.0 Å². The van der Waals surface area contributed by atoms with Gasteiger partial charge >= 0.3 is 0 Å². The van der Waals surface area contributed by atoms with Crippen LogP contribution in [0.3, 0.4) is 0 Å². The molecule has 96 valence electrons. The molecule has 0 spiro atoms. The van der Waals surface area contributed by atoms with Crippen LogP contribution in [0, 0.1) is 10.1 Å². The van der Waals surface area contributed by atoms with Gasteiger partial charge in [-0.25, -0.2) is 0 Å². The number of oxime groups is 1. The second kappa shape index (κ2) is 5.14. The first-order chi connectivity index (χ1) is 8.61. The van der Waals surface area contributed by atoms with E-state index >= 15 is 0 Å². The maximum absolute atomic E-state index is 10.5. The molecular weight excluding hydrogens is 236 g/mol. The fourth-order valence-electron chi connectivity index (χ4n) is 1.81. The van der Waals surface area contributed by atoms with E-state index in [9.17, 15) is 15.2 Å². The Morgan fingerprint density at radius 3 is 2.78 bits per heavy atom. The van der Waals surface area contributed by atoms with Crippen molar-refractivity contribution >= 4 is 11.4 Å². The van der Waals surface area contributed by atoms with Crippen LogP contribution in [0.5, 0.6) is 0 Å². The van der Waals surface area contributed by atoms with E-state index in [0.717, 1.165) is 5.56 Å². The van der Waals surface area contributed by atoms with E-state index in [4.69, 9.17) is 4.84 Å². The van der Waals surface area contributed by atoms with Crippen LogP contribution in [-0.2, 0) is 4.84 Å². The number of aliphatic hydroxyl groups excluding tert-OH is 1. The van der Waals surface area contributed by atoms with E-state index in [-0.39, 0.29) is 11.8 Å². The lowest BCUT2D eigenvalue weighted by Gasteiger charge is -2.13. The van der Waals surface area contributed by atoms with Crippen LogP contribution in [0.15, 0.2) is 29.4 Å². The molecule has 1 aliphatic rings. The number of rotatable bonds is 4. The fraction of sp³-hybridized carbons (Fsp3) is 0.417. The molecule has 1 N–H and O–H groups in total. The summed E-state index contributed by atoms with van der Waals surface area (Å²) >= 11 is 0. The molecule has 2 rings (SSSR count). The van der Waals surface area contributed by atoms with Gasteiger partial charge in [0.2, 0.25) is 0 Å². The van der Waals surface area contributed by atoms with Gasteiger partial charge in [0, 0.05) is 18.6 Å².